The molecule has 1 aliphatic heterocycles. The number of benzene rings is 3. The molecule has 1 atom stereocenters. The average molecular weight is 521 g/mol. The smallest absolute Gasteiger partial charge is 0.271 e. The maximum absolute atomic E-state index is 13.9. The number of ether oxygens (including phenoxy) is 1. The summed E-state index contributed by atoms with van der Waals surface area (Å²) < 4.78 is 7.62. The molecular formula is C30H24N4O3S. The van der Waals surface area contributed by atoms with Gasteiger partial charge in [-0.3, -0.25) is 14.2 Å². The second-order valence-electron chi connectivity index (χ2n) is 8.97. The highest BCUT2D eigenvalue weighted by Gasteiger charge is 2.32. The van der Waals surface area contributed by atoms with E-state index in [2.05, 4.69) is 10.3 Å². The molecule has 2 N–H and O–H groups in total. The van der Waals surface area contributed by atoms with E-state index in [1.807, 2.05) is 98.1 Å². The molecule has 1 amide bonds. The lowest BCUT2D eigenvalue weighted by Gasteiger charge is -2.25. The van der Waals surface area contributed by atoms with Crippen molar-refractivity contribution in [2.45, 2.75) is 13.0 Å². The van der Waals surface area contributed by atoms with Gasteiger partial charge in [0.2, 0.25) is 0 Å². The number of nitrogens with zero attached hydrogens (tertiary/aromatic N) is 2. The number of hydrogen-bond donors (Lipinski definition) is 2. The second-order valence-corrected chi connectivity index (χ2v) is 9.98. The standard InChI is InChI=1S/C30H24N4O3S/c1-18-26(28(35)33-21-10-4-3-5-11-21)27(19-9-8-12-22(15-19)37-2)34-29(36)25(38-30(34)32-18)16-20-17-31-24-14-7-6-13-23(20)24/h3-17,27,31H,1-2H3,(H,33,35)/b25-16+/t27-/m1/s1. The molecule has 188 valence electrons. The van der Waals surface area contributed by atoms with Crippen LogP contribution in [0.25, 0.3) is 17.0 Å². The minimum absolute atomic E-state index is 0.204. The lowest BCUT2D eigenvalue weighted by molar-refractivity contribution is -0.113. The molecule has 3 aromatic carbocycles. The quantitative estimate of drug-likeness (QED) is 0.361. The molecule has 0 bridgehead atoms. The van der Waals surface area contributed by atoms with E-state index < -0.39 is 6.04 Å². The molecule has 8 heteroatoms. The van der Waals surface area contributed by atoms with Crippen LogP contribution in [0.15, 0.2) is 106 Å². The third-order valence-corrected chi connectivity index (χ3v) is 7.60. The molecule has 0 saturated carbocycles. The first-order valence-electron chi connectivity index (χ1n) is 12.1. The number of hydrogen-bond acceptors (Lipinski definition) is 5. The van der Waals surface area contributed by atoms with Crippen LogP contribution in [-0.4, -0.2) is 22.6 Å². The molecule has 3 heterocycles. The molecule has 1 aliphatic rings. The Labute approximate surface area is 222 Å². The van der Waals surface area contributed by atoms with Crippen LogP contribution in [0.3, 0.4) is 0 Å². The highest BCUT2D eigenvalue weighted by molar-refractivity contribution is 7.07. The van der Waals surface area contributed by atoms with Gasteiger partial charge >= 0.3 is 0 Å². The molecule has 0 aliphatic carbocycles. The fourth-order valence-corrected chi connectivity index (χ4v) is 5.85. The van der Waals surface area contributed by atoms with Gasteiger partial charge in [-0.15, -0.1) is 0 Å². The van der Waals surface area contributed by atoms with Gasteiger partial charge in [0.15, 0.2) is 4.80 Å². The Morgan fingerprint density at radius 1 is 1.08 bits per heavy atom. The number of H-pyrrole nitrogens is 1. The van der Waals surface area contributed by atoms with Crippen molar-refractivity contribution >= 4 is 39.9 Å². The molecule has 0 spiro atoms. The van der Waals surface area contributed by atoms with Crippen molar-refractivity contribution < 1.29 is 9.53 Å². The van der Waals surface area contributed by atoms with Crippen molar-refractivity contribution in [3.8, 4) is 5.75 Å². The van der Waals surface area contributed by atoms with E-state index in [9.17, 15) is 9.59 Å². The van der Waals surface area contributed by atoms with Crippen molar-refractivity contribution in [3.63, 3.8) is 0 Å². The lowest BCUT2D eigenvalue weighted by Crippen LogP contribution is -2.40. The van der Waals surface area contributed by atoms with Crippen LogP contribution in [-0.2, 0) is 4.79 Å². The first-order chi connectivity index (χ1) is 18.5. The predicted octanol–water partition coefficient (Wildman–Crippen LogP) is 4.36. The molecule has 6 rings (SSSR count). The Balaban J connectivity index is 1.53. The number of fused-ring (bicyclic) bond motifs is 2. The Morgan fingerprint density at radius 2 is 1.87 bits per heavy atom. The molecule has 7 nitrogen and oxygen atoms in total. The van der Waals surface area contributed by atoms with E-state index in [0.717, 1.165) is 22.0 Å². The van der Waals surface area contributed by atoms with Crippen molar-refractivity contribution in [2.24, 2.45) is 4.99 Å². The zero-order chi connectivity index (χ0) is 26.2. The number of methoxy groups -OCH3 is 1. The summed E-state index contributed by atoms with van der Waals surface area (Å²) in [7, 11) is 1.59. The summed E-state index contributed by atoms with van der Waals surface area (Å²) in [5.74, 6) is 0.331. The summed E-state index contributed by atoms with van der Waals surface area (Å²) in [4.78, 5) is 36.1. The molecule has 38 heavy (non-hydrogen) atoms. The number of rotatable bonds is 5. The number of carbonyl (C=O) groups is 1. The zero-order valence-electron chi connectivity index (χ0n) is 20.8. The predicted molar refractivity (Wildman–Crippen MR) is 150 cm³/mol. The molecule has 2 aromatic heterocycles. The number of amides is 1. The van der Waals surface area contributed by atoms with Crippen molar-refractivity contribution in [1.82, 2.24) is 9.55 Å². The molecule has 0 radical (unpaired) electrons. The number of nitrogens with one attached hydrogen (secondary N) is 2. The van der Waals surface area contributed by atoms with Gasteiger partial charge in [0, 0.05) is 28.4 Å². The molecule has 5 aromatic rings. The Bertz CT molecular complexity index is 1900. The van der Waals surface area contributed by atoms with Crippen LogP contribution >= 0.6 is 11.3 Å². The monoisotopic (exact) mass is 520 g/mol. The van der Waals surface area contributed by atoms with E-state index >= 15 is 0 Å². The van der Waals surface area contributed by atoms with E-state index in [1.165, 1.54) is 11.3 Å². The lowest BCUT2D eigenvalue weighted by atomic mass is 9.95. The van der Waals surface area contributed by atoms with E-state index in [-0.39, 0.29) is 11.5 Å². The van der Waals surface area contributed by atoms with E-state index in [1.54, 1.807) is 11.7 Å². The summed E-state index contributed by atoms with van der Waals surface area (Å²) in [6.45, 7) is 1.81. The van der Waals surface area contributed by atoms with Crippen molar-refractivity contribution in [2.75, 3.05) is 12.4 Å². The zero-order valence-corrected chi connectivity index (χ0v) is 21.6. The average Bonchev–Trinajstić information content (AvgIpc) is 3.48. The van der Waals surface area contributed by atoms with Crippen LogP contribution < -0.4 is 24.9 Å². The SMILES string of the molecule is COc1cccc([C@@H]2C(C(=O)Nc3ccccc3)=C(C)N=c3s/c(=C/c4c[nH]c5ccccc45)c(=O)n32)c1. The van der Waals surface area contributed by atoms with E-state index in [0.29, 0.717) is 32.0 Å². The highest BCUT2D eigenvalue weighted by atomic mass is 32.1. The molecule has 0 fully saturated rings. The maximum Gasteiger partial charge on any atom is 0.271 e. The summed E-state index contributed by atoms with van der Waals surface area (Å²) in [5.41, 5.74) is 4.11. The Hall–Kier alpha value is -4.69. The Morgan fingerprint density at radius 3 is 2.68 bits per heavy atom. The topological polar surface area (TPSA) is 88.5 Å². The van der Waals surface area contributed by atoms with Crippen LogP contribution in [0, 0.1) is 0 Å². The Kier molecular flexibility index (Phi) is 6.01. The van der Waals surface area contributed by atoms with Gasteiger partial charge in [-0.2, -0.15) is 0 Å². The number of thiazole rings is 1. The first kappa shape index (κ1) is 23.7. The number of aromatic amines is 1. The summed E-state index contributed by atoms with van der Waals surface area (Å²) in [5, 5.41) is 4.00. The second kappa shape index (κ2) is 9.64. The van der Waals surface area contributed by atoms with Crippen LogP contribution in [0.4, 0.5) is 5.69 Å². The largest absolute Gasteiger partial charge is 0.497 e. The summed E-state index contributed by atoms with van der Waals surface area (Å²) in [6, 6.07) is 24.0. The minimum Gasteiger partial charge on any atom is -0.497 e. The molecule has 0 saturated heterocycles. The van der Waals surface area contributed by atoms with Gasteiger partial charge in [0.1, 0.15) is 5.75 Å². The van der Waals surface area contributed by atoms with E-state index in [4.69, 9.17) is 9.73 Å². The van der Waals surface area contributed by atoms with Gasteiger partial charge < -0.3 is 15.0 Å². The van der Waals surface area contributed by atoms with Gasteiger partial charge in [0.25, 0.3) is 11.5 Å². The third-order valence-electron chi connectivity index (χ3n) is 6.62. The highest BCUT2D eigenvalue weighted by Crippen LogP contribution is 2.32. The number of aromatic nitrogens is 2. The van der Waals surface area contributed by atoms with Gasteiger partial charge in [0.05, 0.1) is 29.0 Å². The van der Waals surface area contributed by atoms with Crippen molar-refractivity contribution in [1.29, 1.82) is 0 Å². The normalized spacial score (nSPS) is 15.3. The summed E-state index contributed by atoms with van der Waals surface area (Å²) in [6.07, 6.45) is 3.78. The first-order valence-corrected chi connectivity index (χ1v) is 12.9. The molecule has 0 unspecified atom stereocenters. The minimum atomic E-state index is -0.671. The number of allylic oxidation sites excluding steroid dienone is 1. The van der Waals surface area contributed by atoms with Gasteiger partial charge in [-0.25, -0.2) is 4.99 Å². The van der Waals surface area contributed by atoms with Crippen molar-refractivity contribution in [3.05, 3.63) is 127 Å². The van der Waals surface area contributed by atoms with Crippen LogP contribution in [0.2, 0.25) is 0 Å². The fraction of sp³-hybridized carbons (Fsp3) is 0.100. The summed E-state index contributed by atoms with van der Waals surface area (Å²) >= 11 is 1.32. The number of anilines is 1. The van der Waals surface area contributed by atoms with Gasteiger partial charge in [-0.1, -0.05) is 59.9 Å². The third kappa shape index (κ3) is 4.14. The fourth-order valence-electron chi connectivity index (χ4n) is 4.81. The number of para-hydroxylation sites is 2. The molecular weight excluding hydrogens is 496 g/mol. The van der Waals surface area contributed by atoms with Gasteiger partial charge in [-0.05, 0) is 48.9 Å². The maximum atomic E-state index is 13.9. The van der Waals surface area contributed by atoms with Crippen LogP contribution in [0.5, 0.6) is 5.75 Å². The van der Waals surface area contributed by atoms with Crippen LogP contribution in [0.1, 0.15) is 24.1 Å². The number of carbonyl (C=O) groups excluding carboxylic acids is 1.